The Balaban J connectivity index is 1.57. The number of aromatic nitrogens is 2. The molecule has 1 amide bonds. The smallest absolute Gasteiger partial charge is 0.229 e. The van der Waals surface area contributed by atoms with Crippen molar-refractivity contribution in [3.05, 3.63) is 24.0 Å². The van der Waals surface area contributed by atoms with Gasteiger partial charge in [0.05, 0.1) is 17.0 Å². The fourth-order valence-corrected chi connectivity index (χ4v) is 4.45. The number of benzene rings is 1. The second-order valence-electron chi connectivity index (χ2n) is 7.99. The molecule has 1 aliphatic carbocycles. The predicted molar refractivity (Wildman–Crippen MR) is 100 cm³/mol. The second-order valence-corrected chi connectivity index (χ2v) is 7.99. The minimum atomic E-state index is -0.405. The highest BCUT2D eigenvalue weighted by Gasteiger charge is 2.37. The van der Waals surface area contributed by atoms with Crippen molar-refractivity contribution < 1.29 is 4.79 Å². The van der Waals surface area contributed by atoms with Crippen molar-refractivity contribution in [1.29, 1.82) is 0 Å². The minimum absolute atomic E-state index is 0.0461. The Hall–Kier alpha value is -1.88. The average Bonchev–Trinajstić information content (AvgIpc) is 2.74. The average molecular weight is 340 g/mol. The van der Waals surface area contributed by atoms with E-state index in [4.69, 9.17) is 10.7 Å². The standard InChI is InChI=1S/C20H28N4O/c1-20(21)11-5-4-7-15(20)19(25)22-14-9-10-17-16(13-14)23-18-8-3-2-6-12-24(17)18/h9-10,13,15H,2-8,11-12,21H2,1H3,(H,22,25). The van der Waals surface area contributed by atoms with Crippen LogP contribution in [0, 0.1) is 5.92 Å². The van der Waals surface area contributed by atoms with Gasteiger partial charge in [0.1, 0.15) is 5.82 Å². The Bertz CT molecular complexity index is 792. The van der Waals surface area contributed by atoms with Gasteiger partial charge in [0, 0.05) is 24.2 Å². The molecule has 134 valence electrons. The molecular formula is C20H28N4O. The van der Waals surface area contributed by atoms with Crippen LogP contribution in [0.25, 0.3) is 11.0 Å². The number of hydrogen-bond acceptors (Lipinski definition) is 3. The monoisotopic (exact) mass is 340 g/mol. The van der Waals surface area contributed by atoms with E-state index in [2.05, 4.69) is 16.0 Å². The largest absolute Gasteiger partial charge is 0.328 e. The van der Waals surface area contributed by atoms with Gasteiger partial charge in [-0.1, -0.05) is 19.3 Å². The summed E-state index contributed by atoms with van der Waals surface area (Å²) in [5.41, 5.74) is 8.95. The summed E-state index contributed by atoms with van der Waals surface area (Å²) in [6.45, 7) is 3.05. The van der Waals surface area contributed by atoms with Crippen molar-refractivity contribution in [3.63, 3.8) is 0 Å². The highest BCUT2D eigenvalue weighted by molar-refractivity contribution is 5.95. The number of carbonyl (C=O) groups excluding carboxylic acids is 1. The van der Waals surface area contributed by atoms with Gasteiger partial charge in [0.25, 0.3) is 0 Å². The van der Waals surface area contributed by atoms with Gasteiger partial charge in [-0.25, -0.2) is 4.98 Å². The number of hydrogen-bond donors (Lipinski definition) is 2. The molecule has 1 aromatic carbocycles. The van der Waals surface area contributed by atoms with Crippen molar-refractivity contribution in [2.24, 2.45) is 11.7 Å². The molecular weight excluding hydrogens is 312 g/mol. The number of nitrogens with zero attached hydrogens (tertiary/aromatic N) is 2. The van der Waals surface area contributed by atoms with Crippen molar-refractivity contribution in [2.45, 2.75) is 70.4 Å². The summed E-state index contributed by atoms with van der Waals surface area (Å²) >= 11 is 0. The number of aryl methyl sites for hydroxylation is 2. The summed E-state index contributed by atoms with van der Waals surface area (Å²) in [6.07, 6.45) is 8.73. The summed E-state index contributed by atoms with van der Waals surface area (Å²) in [5.74, 6) is 1.11. The maximum Gasteiger partial charge on any atom is 0.229 e. The number of amides is 1. The predicted octanol–water partition coefficient (Wildman–Crippen LogP) is 3.61. The number of nitrogens with one attached hydrogen (secondary N) is 1. The third-order valence-corrected chi connectivity index (χ3v) is 5.95. The molecule has 1 aliphatic heterocycles. The first-order chi connectivity index (χ1) is 12.0. The van der Waals surface area contributed by atoms with Crippen LogP contribution in [0.3, 0.4) is 0 Å². The second kappa shape index (κ2) is 6.45. The van der Waals surface area contributed by atoms with Crippen LogP contribution in [0.1, 0.15) is 57.7 Å². The molecule has 2 atom stereocenters. The highest BCUT2D eigenvalue weighted by atomic mass is 16.1. The van der Waals surface area contributed by atoms with Gasteiger partial charge in [0.15, 0.2) is 0 Å². The number of fused-ring (bicyclic) bond motifs is 3. The van der Waals surface area contributed by atoms with Crippen LogP contribution >= 0.6 is 0 Å². The van der Waals surface area contributed by atoms with Crippen molar-refractivity contribution >= 4 is 22.6 Å². The number of rotatable bonds is 2. The lowest BCUT2D eigenvalue weighted by atomic mass is 9.74. The van der Waals surface area contributed by atoms with Crippen molar-refractivity contribution in [2.75, 3.05) is 5.32 Å². The lowest BCUT2D eigenvalue weighted by molar-refractivity contribution is -0.122. The lowest BCUT2D eigenvalue weighted by Gasteiger charge is -2.37. The van der Waals surface area contributed by atoms with Crippen LogP contribution in [-0.2, 0) is 17.8 Å². The molecule has 5 heteroatoms. The van der Waals surface area contributed by atoms with E-state index in [1.807, 2.05) is 19.1 Å². The van der Waals surface area contributed by atoms with E-state index in [1.165, 1.54) is 30.6 Å². The zero-order valence-electron chi connectivity index (χ0n) is 15.1. The van der Waals surface area contributed by atoms with Gasteiger partial charge in [0.2, 0.25) is 5.91 Å². The molecule has 1 aromatic heterocycles. The minimum Gasteiger partial charge on any atom is -0.328 e. The summed E-state index contributed by atoms with van der Waals surface area (Å²) in [5, 5.41) is 3.08. The molecule has 1 saturated carbocycles. The van der Waals surface area contributed by atoms with Crippen molar-refractivity contribution in [3.8, 4) is 0 Å². The van der Waals surface area contributed by atoms with Gasteiger partial charge < -0.3 is 15.6 Å². The van der Waals surface area contributed by atoms with Crippen LogP contribution in [0.4, 0.5) is 5.69 Å². The zero-order valence-corrected chi connectivity index (χ0v) is 15.1. The number of nitrogens with two attached hydrogens (primary N) is 1. The van der Waals surface area contributed by atoms with E-state index in [0.717, 1.165) is 49.9 Å². The summed E-state index contributed by atoms with van der Waals surface area (Å²) in [6, 6.07) is 6.09. The fourth-order valence-electron chi connectivity index (χ4n) is 4.45. The molecule has 0 saturated heterocycles. The Morgan fingerprint density at radius 1 is 1.28 bits per heavy atom. The molecule has 5 nitrogen and oxygen atoms in total. The van der Waals surface area contributed by atoms with Gasteiger partial charge in [-0.3, -0.25) is 4.79 Å². The van der Waals surface area contributed by atoms with E-state index in [9.17, 15) is 4.79 Å². The Morgan fingerprint density at radius 2 is 2.16 bits per heavy atom. The third-order valence-electron chi connectivity index (χ3n) is 5.95. The maximum atomic E-state index is 12.7. The Labute approximate surface area is 149 Å². The number of carbonyl (C=O) groups is 1. The van der Waals surface area contributed by atoms with E-state index in [0.29, 0.717) is 0 Å². The molecule has 2 aliphatic rings. The SMILES string of the molecule is CC1(N)CCCCC1C(=O)Nc1ccc2c(c1)nc1n2CCCCC1. The van der Waals surface area contributed by atoms with E-state index in [1.54, 1.807) is 0 Å². The molecule has 0 radical (unpaired) electrons. The van der Waals surface area contributed by atoms with E-state index < -0.39 is 5.54 Å². The quantitative estimate of drug-likeness (QED) is 0.877. The molecule has 2 heterocycles. The molecule has 0 spiro atoms. The number of anilines is 1. The fraction of sp³-hybridized carbons (Fsp3) is 0.600. The first-order valence-electron chi connectivity index (χ1n) is 9.63. The summed E-state index contributed by atoms with van der Waals surface area (Å²) < 4.78 is 2.34. The van der Waals surface area contributed by atoms with Gasteiger partial charge in [-0.2, -0.15) is 0 Å². The van der Waals surface area contributed by atoms with Crippen LogP contribution in [0.2, 0.25) is 0 Å². The van der Waals surface area contributed by atoms with Gasteiger partial charge >= 0.3 is 0 Å². The summed E-state index contributed by atoms with van der Waals surface area (Å²) in [7, 11) is 0. The van der Waals surface area contributed by atoms with E-state index in [-0.39, 0.29) is 11.8 Å². The van der Waals surface area contributed by atoms with Crippen LogP contribution in [0.15, 0.2) is 18.2 Å². The van der Waals surface area contributed by atoms with Crippen LogP contribution in [-0.4, -0.2) is 21.0 Å². The topological polar surface area (TPSA) is 72.9 Å². The van der Waals surface area contributed by atoms with Crippen molar-refractivity contribution in [1.82, 2.24) is 9.55 Å². The molecule has 3 N–H and O–H groups in total. The molecule has 4 rings (SSSR count). The molecule has 2 unspecified atom stereocenters. The Morgan fingerprint density at radius 3 is 3.00 bits per heavy atom. The summed E-state index contributed by atoms with van der Waals surface area (Å²) in [4.78, 5) is 17.6. The van der Waals surface area contributed by atoms with Gasteiger partial charge in [-0.05, 0) is 50.8 Å². The molecule has 2 aromatic rings. The maximum absolute atomic E-state index is 12.7. The molecule has 25 heavy (non-hydrogen) atoms. The van der Waals surface area contributed by atoms with E-state index >= 15 is 0 Å². The third kappa shape index (κ3) is 3.17. The number of imidazole rings is 1. The van der Waals surface area contributed by atoms with Gasteiger partial charge in [-0.15, -0.1) is 0 Å². The highest BCUT2D eigenvalue weighted by Crippen LogP contribution is 2.33. The first kappa shape index (κ1) is 16.6. The van der Waals surface area contributed by atoms with Crippen LogP contribution in [0.5, 0.6) is 0 Å². The van der Waals surface area contributed by atoms with Crippen LogP contribution < -0.4 is 11.1 Å². The first-order valence-corrected chi connectivity index (χ1v) is 9.63. The zero-order chi connectivity index (χ0) is 17.4. The molecule has 0 bridgehead atoms. The lowest BCUT2D eigenvalue weighted by Crippen LogP contribution is -2.51. The molecule has 1 fully saturated rings. The normalized spacial score (nSPS) is 26.9. The Kier molecular flexibility index (Phi) is 4.28.